The molecule has 3 aromatic rings. The topological polar surface area (TPSA) is 147 Å². The van der Waals surface area contributed by atoms with Gasteiger partial charge in [-0.15, -0.1) is 0 Å². The number of benzene rings is 1. The van der Waals surface area contributed by atoms with Crippen LogP contribution in [0.3, 0.4) is 0 Å². The normalized spacial score (nSPS) is 11.4. The second-order valence-corrected chi connectivity index (χ2v) is 6.58. The number of rotatable bonds is 6. The van der Waals surface area contributed by atoms with E-state index in [1.54, 1.807) is 12.1 Å². The number of imidazole rings is 1. The van der Waals surface area contributed by atoms with Gasteiger partial charge in [0.25, 0.3) is 5.56 Å². The number of aromatic amines is 1. The van der Waals surface area contributed by atoms with E-state index in [1.165, 1.54) is 29.5 Å². The lowest BCUT2D eigenvalue weighted by atomic mass is 10.2. The van der Waals surface area contributed by atoms with Crippen LogP contribution in [0.15, 0.2) is 31.3 Å². The van der Waals surface area contributed by atoms with Gasteiger partial charge in [0.05, 0.1) is 24.4 Å². The number of nitrogens with zero attached hydrogens (tertiary/aromatic N) is 4. The SMILES string of the molecule is COc1cc(/C=N\Nc2nc3c(c(=O)[nH]c(=O)n3C)n2CCO)cc(Br)c1O. The maximum atomic E-state index is 12.2. The maximum absolute atomic E-state index is 12.2. The third kappa shape index (κ3) is 3.51. The number of aromatic hydroxyl groups is 1. The van der Waals surface area contributed by atoms with E-state index in [4.69, 9.17) is 4.74 Å². The minimum absolute atomic E-state index is 0.0301. The molecule has 2 heterocycles. The van der Waals surface area contributed by atoms with E-state index >= 15 is 0 Å². The first-order valence-corrected chi connectivity index (χ1v) is 8.82. The maximum Gasteiger partial charge on any atom is 0.329 e. The van der Waals surface area contributed by atoms with Crippen LogP contribution in [0, 0.1) is 0 Å². The smallest absolute Gasteiger partial charge is 0.329 e. The highest BCUT2D eigenvalue weighted by molar-refractivity contribution is 9.10. The number of anilines is 1. The summed E-state index contributed by atoms with van der Waals surface area (Å²) in [5.41, 5.74) is 2.42. The highest BCUT2D eigenvalue weighted by atomic mass is 79.9. The molecule has 28 heavy (non-hydrogen) atoms. The van der Waals surface area contributed by atoms with Crippen molar-refractivity contribution in [2.45, 2.75) is 6.54 Å². The van der Waals surface area contributed by atoms with Crippen LogP contribution in [-0.4, -0.2) is 49.2 Å². The molecular formula is C16H17BrN6O5. The first-order valence-electron chi connectivity index (χ1n) is 8.03. The van der Waals surface area contributed by atoms with E-state index in [2.05, 4.69) is 36.4 Å². The molecule has 0 fully saturated rings. The fraction of sp³-hybridized carbons (Fsp3) is 0.250. The van der Waals surface area contributed by atoms with Crippen molar-refractivity contribution in [3.05, 3.63) is 43.0 Å². The Morgan fingerprint density at radius 2 is 2.18 bits per heavy atom. The van der Waals surface area contributed by atoms with Crippen LogP contribution in [0.5, 0.6) is 11.5 Å². The van der Waals surface area contributed by atoms with Crippen LogP contribution in [-0.2, 0) is 13.6 Å². The number of hydrogen-bond donors (Lipinski definition) is 4. The molecule has 0 unspecified atom stereocenters. The molecule has 0 aliphatic carbocycles. The highest BCUT2D eigenvalue weighted by Crippen LogP contribution is 2.34. The van der Waals surface area contributed by atoms with Crippen molar-refractivity contribution < 1.29 is 14.9 Å². The monoisotopic (exact) mass is 452 g/mol. The molecular weight excluding hydrogens is 436 g/mol. The van der Waals surface area contributed by atoms with Gasteiger partial charge in [0, 0.05) is 13.6 Å². The van der Waals surface area contributed by atoms with E-state index in [0.29, 0.717) is 10.0 Å². The summed E-state index contributed by atoms with van der Waals surface area (Å²) in [7, 11) is 2.91. The van der Waals surface area contributed by atoms with E-state index in [1.807, 2.05) is 0 Å². The lowest BCUT2D eigenvalue weighted by Crippen LogP contribution is -2.29. The lowest BCUT2D eigenvalue weighted by molar-refractivity contribution is 0.278. The van der Waals surface area contributed by atoms with Crippen LogP contribution >= 0.6 is 15.9 Å². The Hall–Kier alpha value is -3.12. The minimum atomic E-state index is -0.608. The van der Waals surface area contributed by atoms with Gasteiger partial charge in [-0.2, -0.15) is 10.1 Å². The highest BCUT2D eigenvalue weighted by Gasteiger charge is 2.16. The summed E-state index contributed by atoms with van der Waals surface area (Å²) in [5, 5.41) is 23.2. The molecule has 0 saturated heterocycles. The number of fused-ring (bicyclic) bond motifs is 1. The second-order valence-electron chi connectivity index (χ2n) is 5.72. The van der Waals surface area contributed by atoms with Crippen molar-refractivity contribution in [1.82, 2.24) is 19.1 Å². The fourth-order valence-corrected chi connectivity index (χ4v) is 3.09. The Balaban J connectivity index is 2.00. The molecule has 0 atom stereocenters. The number of aromatic nitrogens is 4. The molecule has 0 spiro atoms. The molecule has 0 amide bonds. The largest absolute Gasteiger partial charge is 0.503 e. The van der Waals surface area contributed by atoms with Crippen molar-refractivity contribution in [2.24, 2.45) is 12.1 Å². The lowest BCUT2D eigenvalue weighted by Gasteiger charge is -2.07. The number of aryl methyl sites for hydroxylation is 1. The number of methoxy groups -OCH3 is 1. The van der Waals surface area contributed by atoms with Crippen molar-refractivity contribution in [1.29, 1.82) is 0 Å². The molecule has 3 rings (SSSR count). The van der Waals surface area contributed by atoms with Crippen LogP contribution in [0.4, 0.5) is 5.95 Å². The van der Waals surface area contributed by atoms with E-state index in [9.17, 15) is 19.8 Å². The Kier molecular flexibility index (Phi) is 5.51. The van der Waals surface area contributed by atoms with Gasteiger partial charge in [-0.25, -0.2) is 10.2 Å². The molecule has 0 aliphatic heterocycles. The van der Waals surface area contributed by atoms with E-state index in [-0.39, 0.29) is 41.8 Å². The molecule has 1 aromatic carbocycles. The average molecular weight is 453 g/mol. The zero-order valence-electron chi connectivity index (χ0n) is 14.9. The Labute approximate surface area is 166 Å². The van der Waals surface area contributed by atoms with Gasteiger partial charge in [0.15, 0.2) is 22.7 Å². The summed E-state index contributed by atoms with van der Waals surface area (Å²) in [6.45, 7) is -0.164. The third-order valence-electron chi connectivity index (χ3n) is 3.98. The molecule has 0 aliphatic rings. The Morgan fingerprint density at radius 3 is 2.86 bits per heavy atom. The summed E-state index contributed by atoms with van der Waals surface area (Å²) in [6, 6.07) is 3.21. The van der Waals surface area contributed by atoms with Crippen molar-refractivity contribution in [2.75, 3.05) is 19.1 Å². The standard InChI is InChI=1S/C16H17BrN6O5/c1-22-13-11(14(26)20-16(22)27)23(3-4-24)15(19-13)21-18-7-8-5-9(17)12(25)10(6-8)28-2/h5-7,24-25H,3-4H2,1-2H3,(H,19,21)(H,20,26,27)/b18-7-. The number of H-pyrrole nitrogens is 1. The number of nitrogens with one attached hydrogen (secondary N) is 2. The molecule has 2 aromatic heterocycles. The first kappa shape index (κ1) is 19.6. The number of aliphatic hydroxyl groups is 1. The second kappa shape index (κ2) is 7.86. The van der Waals surface area contributed by atoms with Crippen LogP contribution in [0.2, 0.25) is 0 Å². The van der Waals surface area contributed by atoms with Crippen molar-refractivity contribution in [3.63, 3.8) is 0 Å². The van der Waals surface area contributed by atoms with Crippen LogP contribution in [0.1, 0.15) is 5.56 Å². The number of aliphatic hydroxyl groups excluding tert-OH is 1. The number of halogens is 1. The minimum Gasteiger partial charge on any atom is -0.503 e. The molecule has 11 nitrogen and oxygen atoms in total. The Morgan fingerprint density at radius 1 is 1.43 bits per heavy atom. The van der Waals surface area contributed by atoms with Gasteiger partial charge in [0.1, 0.15) is 0 Å². The van der Waals surface area contributed by atoms with Crippen molar-refractivity contribution >= 4 is 39.3 Å². The van der Waals surface area contributed by atoms with E-state index < -0.39 is 11.2 Å². The molecule has 0 radical (unpaired) electrons. The molecule has 4 N–H and O–H groups in total. The number of ether oxygens (including phenoxy) is 1. The van der Waals surface area contributed by atoms with Crippen LogP contribution < -0.4 is 21.4 Å². The zero-order valence-corrected chi connectivity index (χ0v) is 16.5. The number of phenols is 1. The molecule has 148 valence electrons. The summed E-state index contributed by atoms with van der Waals surface area (Å²) >= 11 is 3.23. The summed E-state index contributed by atoms with van der Waals surface area (Å²) in [5.74, 6) is 0.416. The van der Waals surface area contributed by atoms with Gasteiger partial charge >= 0.3 is 5.69 Å². The Bertz CT molecular complexity index is 1180. The van der Waals surface area contributed by atoms with Gasteiger partial charge in [0.2, 0.25) is 5.95 Å². The van der Waals surface area contributed by atoms with E-state index in [0.717, 1.165) is 0 Å². The number of hydrazone groups is 1. The van der Waals surface area contributed by atoms with Gasteiger partial charge < -0.3 is 19.5 Å². The predicted octanol–water partition coefficient (Wildman–Crippen LogP) is 0.338. The predicted molar refractivity (Wildman–Crippen MR) is 106 cm³/mol. The molecule has 0 saturated carbocycles. The molecule has 0 bridgehead atoms. The summed E-state index contributed by atoms with van der Waals surface area (Å²) < 4.78 is 8.14. The third-order valence-corrected chi connectivity index (χ3v) is 4.58. The van der Waals surface area contributed by atoms with Crippen molar-refractivity contribution in [3.8, 4) is 11.5 Å². The first-order chi connectivity index (χ1) is 13.4. The van der Waals surface area contributed by atoms with Gasteiger partial charge in [-0.05, 0) is 33.6 Å². The van der Waals surface area contributed by atoms with Gasteiger partial charge in [-0.3, -0.25) is 14.3 Å². The number of hydrogen-bond acceptors (Lipinski definition) is 8. The number of phenolic OH excluding ortho intramolecular Hbond substituents is 1. The quantitative estimate of drug-likeness (QED) is 0.311. The summed E-state index contributed by atoms with van der Waals surface area (Å²) in [6.07, 6.45) is 1.46. The van der Waals surface area contributed by atoms with Gasteiger partial charge in [-0.1, -0.05) is 0 Å². The fourth-order valence-electron chi connectivity index (χ4n) is 2.63. The summed E-state index contributed by atoms with van der Waals surface area (Å²) in [4.78, 5) is 30.4. The average Bonchev–Trinajstić information content (AvgIpc) is 3.02. The molecule has 12 heteroatoms. The zero-order chi connectivity index (χ0) is 20.4. The van der Waals surface area contributed by atoms with Crippen LogP contribution in [0.25, 0.3) is 11.2 Å².